The van der Waals surface area contributed by atoms with Gasteiger partial charge in [-0.1, -0.05) is 13.3 Å². The van der Waals surface area contributed by atoms with Crippen LogP contribution in [-0.4, -0.2) is 61.1 Å². The fourth-order valence-electron chi connectivity index (χ4n) is 3.91. The van der Waals surface area contributed by atoms with Crippen molar-refractivity contribution >= 4 is 5.96 Å². The van der Waals surface area contributed by atoms with Gasteiger partial charge < -0.3 is 15.1 Å². The lowest BCUT2D eigenvalue weighted by molar-refractivity contribution is 0.158. The second-order valence-corrected chi connectivity index (χ2v) is 7.52. The van der Waals surface area contributed by atoms with E-state index in [0.29, 0.717) is 0 Å². The Morgan fingerprint density at radius 1 is 1.09 bits per heavy atom. The molecule has 0 spiro atoms. The molecule has 0 amide bonds. The molecule has 1 N–H and O–H groups in total. The molecular weight excluding hydrogens is 284 g/mol. The zero-order chi connectivity index (χ0) is 16.5. The molecule has 23 heavy (non-hydrogen) atoms. The van der Waals surface area contributed by atoms with Gasteiger partial charge in [0.15, 0.2) is 5.96 Å². The number of likely N-dealkylation sites (tertiary alicyclic amines) is 2. The van der Waals surface area contributed by atoms with Crippen molar-refractivity contribution in [2.45, 2.75) is 71.8 Å². The van der Waals surface area contributed by atoms with Crippen molar-refractivity contribution in [1.29, 1.82) is 0 Å². The third-order valence-corrected chi connectivity index (χ3v) is 5.35. The largest absolute Gasteiger partial charge is 0.357 e. The Kier molecular flexibility index (Phi) is 8.21. The highest BCUT2D eigenvalue weighted by molar-refractivity contribution is 5.80. The third kappa shape index (κ3) is 6.33. The van der Waals surface area contributed by atoms with Gasteiger partial charge in [0.05, 0.1) is 0 Å². The summed E-state index contributed by atoms with van der Waals surface area (Å²) in [6, 6.07) is 0.791. The molecule has 4 nitrogen and oxygen atoms in total. The molecule has 134 valence electrons. The minimum atomic E-state index is 0.791. The smallest absolute Gasteiger partial charge is 0.193 e. The molecule has 0 bridgehead atoms. The Morgan fingerprint density at radius 2 is 1.96 bits per heavy atom. The van der Waals surface area contributed by atoms with Crippen LogP contribution in [0.1, 0.15) is 65.7 Å². The van der Waals surface area contributed by atoms with Gasteiger partial charge in [0.25, 0.3) is 0 Å². The van der Waals surface area contributed by atoms with Gasteiger partial charge in [-0.3, -0.25) is 4.99 Å². The highest BCUT2D eigenvalue weighted by atomic mass is 15.3. The Morgan fingerprint density at radius 3 is 2.70 bits per heavy atom. The molecular formula is C19H38N4. The van der Waals surface area contributed by atoms with E-state index in [4.69, 9.17) is 4.99 Å². The number of hydrogen-bond donors (Lipinski definition) is 1. The summed E-state index contributed by atoms with van der Waals surface area (Å²) in [6.07, 6.45) is 9.35. The Bertz CT molecular complexity index is 355. The minimum absolute atomic E-state index is 0.791. The van der Waals surface area contributed by atoms with E-state index in [-0.39, 0.29) is 0 Å². The molecule has 0 saturated carbocycles. The van der Waals surface area contributed by atoms with Gasteiger partial charge >= 0.3 is 0 Å². The number of unbranched alkanes of at least 4 members (excludes halogenated alkanes) is 1. The van der Waals surface area contributed by atoms with Crippen molar-refractivity contribution in [1.82, 2.24) is 15.1 Å². The molecule has 2 heterocycles. The molecule has 0 aromatic heterocycles. The number of piperidine rings is 2. The van der Waals surface area contributed by atoms with Crippen LogP contribution in [0.25, 0.3) is 0 Å². The summed E-state index contributed by atoms with van der Waals surface area (Å²) < 4.78 is 0. The number of rotatable bonds is 6. The van der Waals surface area contributed by atoms with Crippen molar-refractivity contribution in [2.75, 3.05) is 39.3 Å². The molecule has 0 aromatic carbocycles. The van der Waals surface area contributed by atoms with E-state index in [0.717, 1.165) is 37.6 Å². The number of nitrogens with one attached hydrogen (secondary N) is 1. The van der Waals surface area contributed by atoms with Gasteiger partial charge in [0, 0.05) is 32.2 Å². The van der Waals surface area contributed by atoms with E-state index in [9.17, 15) is 0 Å². The van der Waals surface area contributed by atoms with Crippen molar-refractivity contribution < 1.29 is 0 Å². The monoisotopic (exact) mass is 322 g/mol. The molecule has 2 rings (SSSR count). The van der Waals surface area contributed by atoms with E-state index in [1.165, 1.54) is 64.6 Å². The van der Waals surface area contributed by atoms with Crippen LogP contribution < -0.4 is 5.32 Å². The van der Waals surface area contributed by atoms with Crippen LogP contribution >= 0.6 is 0 Å². The zero-order valence-corrected chi connectivity index (χ0v) is 15.7. The molecule has 2 unspecified atom stereocenters. The summed E-state index contributed by atoms with van der Waals surface area (Å²) in [5.41, 5.74) is 0. The highest BCUT2D eigenvalue weighted by Gasteiger charge is 2.19. The van der Waals surface area contributed by atoms with Gasteiger partial charge in [-0.25, -0.2) is 0 Å². The zero-order valence-electron chi connectivity index (χ0n) is 15.7. The first-order valence-corrected chi connectivity index (χ1v) is 9.98. The summed E-state index contributed by atoms with van der Waals surface area (Å²) in [6.45, 7) is 13.7. The van der Waals surface area contributed by atoms with Crippen molar-refractivity contribution in [3.63, 3.8) is 0 Å². The minimum Gasteiger partial charge on any atom is -0.357 e. The molecule has 2 aliphatic heterocycles. The van der Waals surface area contributed by atoms with Crippen LogP contribution in [0.2, 0.25) is 0 Å². The average molecular weight is 323 g/mol. The second kappa shape index (κ2) is 10.2. The van der Waals surface area contributed by atoms with Gasteiger partial charge in [0.1, 0.15) is 0 Å². The van der Waals surface area contributed by atoms with E-state index in [2.05, 4.69) is 35.9 Å². The maximum atomic E-state index is 4.89. The first-order valence-electron chi connectivity index (χ1n) is 9.98. The summed E-state index contributed by atoms with van der Waals surface area (Å²) in [5.74, 6) is 1.94. The normalized spacial score (nSPS) is 27.3. The van der Waals surface area contributed by atoms with Crippen molar-refractivity contribution in [3.8, 4) is 0 Å². The van der Waals surface area contributed by atoms with E-state index < -0.39 is 0 Å². The lowest BCUT2D eigenvalue weighted by Crippen LogP contribution is -2.46. The van der Waals surface area contributed by atoms with Crippen LogP contribution in [0.4, 0.5) is 0 Å². The van der Waals surface area contributed by atoms with Gasteiger partial charge in [-0.05, 0) is 71.4 Å². The Balaban J connectivity index is 1.70. The summed E-state index contributed by atoms with van der Waals surface area (Å²) >= 11 is 0. The summed E-state index contributed by atoms with van der Waals surface area (Å²) in [5, 5.41) is 3.49. The van der Waals surface area contributed by atoms with Gasteiger partial charge in [-0.2, -0.15) is 0 Å². The quantitative estimate of drug-likeness (QED) is 0.462. The SMILES string of the molecule is CCNC(=NCCCCN1CCCCC1C)N1CCCC(C)C1. The molecule has 0 aliphatic carbocycles. The lowest BCUT2D eigenvalue weighted by atomic mass is 10.0. The predicted molar refractivity (Wildman–Crippen MR) is 100 cm³/mol. The van der Waals surface area contributed by atoms with Gasteiger partial charge in [-0.15, -0.1) is 0 Å². The van der Waals surface area contributed by atoms with Crippen LogP contribution in [-0.2, 0) is 0 Å². The molecule has 0 aromatic rings. The number of aliphatic imine (C=N–C) groups is 1. The molecule has 4 heteroatoms. The number of guanidine groups is 1. The molecule has 2 fully saturated rings. The van der Waals surface area contributed by atoms with E-state index in [1.54, 1.807) is 0 Å². The van der Waals surface area contributed by atoms with E-state index in [1.807, 2.05) is 0 Å². The summed E-state index contributed by atoms with van der Waals surface area (Å²) in [4.78, 5) is 10.0. The Labute approximate surface area is 143 Å². The average Bonchev–Trinajstić information content (AvgIpc) is 2.55. The first-order chi connectivity index (χ1) is 11.2. The Hall–Kier alpha value is -0.770. The molecule has 2 atom stereocenters. The standard InChI is InChI=1S/C19H38N4/c1-4-20-19(23-15-9-10-17(2)16-23)21-12-6-8-14-22-13-7-5-11-18(22)3/h17-18H,4-16H2,1-3H3,(H,20,21). The maximum absolute atomic E-state index is 4.89. The lowest BCUT2D eigenvalue weighted by Gasteiger charge is -2.34. The van der Waals surface area contributed by atoms with Crippen molar-refractivity contribution in [2.24, 2.45) is 10.9 Å². The second-order valence-electron chi connectivity index (χ2n) is 7.52. The molecule has 0 radical (unpaired) electrons. The van der Waals surface area contributed by atoms with Crippen LogP contribution in [0.3, 0.4) is 0 Å². The first kappa shape index (κ1) is 18.6. The van der Waals surface area contributed by atoms with E-state index >= 15 is 0 Å². The molecule has 2 aliphatic rings. The van der Waals surface area contributed by atoms with Crippen LogP contribution in [0, 0.1) is 5.92 Å². The molecule has 2 saturated heterocycles. The highest BCUT2D eigenvalue weighted by Crippen LogP contribution is 2.17. The summed E-state index contributed by atoms with van der Waals surface area (Å²) in [7, 11) is 0. The number of nitrogens with zero attached hydrogens (tertiary/aromatic N) is 3. The fourth-order valence-corrected chi connectivity index (χ4v) is 3.91. The van der Waals surface area contributed by atoms with Crippen LogP contribution in [0.5, 0.6) is 0 Å². The fraction of sp³-hybridized carbons (Fsp3) is 0.947. The van der Waals surface area contributed by atoms with Crippen LogP contribution in [0.15, 0.2) is 4.99 Å². The maximum Gasteiger partial charge on any atom is 0.193 e. The number of hydrogen-bond acceptors (Lipinski definition) is 2. The van der Waals surface area contributed by atoms with Crippen molar-refractivity contribution in [3.05, 3.63) is 0 Å². The third-order valence-electron chi connectivity index (χ3n) is 5.35. The topological polar surface area (TPSA) is 30.9 Å². The van der Waals surface area contributed by atoms with Gasteiger partial charge in [0.2, 0.25) is 0 Å². The predicted octanol–water partition coefficient (Wildman–Crippen LogP) is 3.34.